The van der Waals surface area contributed by atoms with Gasteiger partial charge in [-0.05, 0) is 59.6 Å². The van der Waals surface area contributed by atoms with Crippen LogP contribution < -0.4 is 0 Å². The van der Waals surface area contributed by atoms with Crippen molar-refractivity contribution in [3.8, 4) is 11.1 Å². The molecule has 0 radical (unpaired) electrons. The first-order valence-corrected chi connectivity index (χ1v) is 12.2. The van der Waals surface area contributed by atoms with Crippen molar-refractivity contribution in [1.82, 2.24) is 0 Å². The molecule has 33 heavy (non-hydrogen) atoms. The molecule has 0 fully saturated rings. The van der Waals surface area contributed by atoms with Gasteiger partial charge >= 0.3 is 0 Å². The average Bonchev–Trinajstić information content (AvgIpc) is 2.84. The number of unbranched alkanes of at least 4 members (excludes halogenated alkanes) is 4. The topological polar surface area (TPSA) is 24.7 Å². The molecule has 0 saturated carbocycles. The Hall–Kier alpha value is -3.07. The van der Waals surface area contributed by atoms with Gasteiger partial charge in [0.1, 0.15) is 5.82 Å². The van der Waals surface area contributed by atoms with Crippen LogP contribution in [0.5, 0.6) is 0 Å². The van der Waals surface area contributed by atoms with E-state index in [-0.39, 0.29) is 5.82 Å². The molecule has 0 aliphatic carbocycles. The molecular weight excluding hydrogens is 407 g/mol. The molecule has 0 atom stereocenters. The summed E-state index contributed by atoms with van der Waals surface area (Å²) in [7, 11) is 0. The zero-order valence-electron chi connectivity index (χ0n) is 19.9. The van der Waals surface area contributed by atoms with E-state index in [0.29, 0.717) is 11.1 Å². The molecule has 172 valence electrons. The Kier molecular flexibility index (Phi) is 10.0. The molecule has 0 bridgehead atoms. The van der Waals surface area contributed by atoms with Crippen LogP contribution in [-0.4, -0.2) is 12.4 Å². The normalized spacial score (nSPS) is 11.6. The van der Waals surface area contributed by atoms with Gasteiger partial charge in [-0.25, -0.2) is 4.39 Å². The van der Waals surface area contributed by atoms with E-state index in [2.05, 4.69) is 54.4 Å². The number of nitrogens with zero attached hydrogens (tertiary/aromatic N) is 2. The Bertz CT molecular complexity index is 1050. The van der Waals surface area contributed by atoms with Crippen molar-refractivity contribution in [3.05, 3.63) is 94.8 Å². The molecule has 0 saturated heterocycles. The third kappa shape index (κ3) is 7.78. The molecule has 3 heteroatoms. The predicted molar refractivity (Wildman–Crippen MR) is 140 cm³/mol. The quantitative estimate of drug-likeness (QED) is 0.153. The first-order valence-electron chi connectivity index (χ1n) is 12.2. The van der Waals surface area contributed by atoms with Crippen molar-refractivity contribution in [1.29, 1.82) is 0 Å². The summed E-state index contributed by atoms with van der Waals surface area (Å²) < 4.78 is 14.7. The second kappa shape index (κ2) is 13.5. The van der Waals surface area contributed by atoms with E-state index < -0.39 is 0 Å². The number of aryl methyl sites for hydroxylation is 2. The molecule has 0 heterocycles. The van der Waals surface area contributed by atoms with Crippen LogP contribution in [0.15, 0.2) is 76.9 Å². The van der Waals surface area contributed by atoms with Gasteiger partial charge in [-0.1, -0.05) is 100 Å². The van der Waals surface area contributed by atoms with E-state index in [1.54, 1.807) is 12.4 Å². The lowest BCUT2D eigenvalue weighted by molar-refractivity contribution is 0.631. The lowest BCUT2D eigenvalue weighted by Crippen LogP contribution is -1.93. The third-order valence-corrected chi connectivity index (χ3v) is 5.90. The molecule has 0 aliphatic heterocycles. The van der Waals surface area contributed by atoms with Crippen molar-refractivity contribution in [2.45, 2.75) is 65.2 Å². The Labute approximate surface area is 198 Å². The molecule has 0 aliphatic rings. The maximum Gasteiger partial charge on any atom is 0.131 e. The van der Waals surface area contributed by atoms with Crippen LogP contribution in [0.4, 0.5) is 4.39 Å². The van der Waals surface area contributed by atoms with Gasteiger partial charge in [-0.2, -0.15) is 10.2 Å². The Morgan fingerprint density at radius 3 is 2.24 bits per heavy atom. The minimum absolute atomic E-state index is 0.248. The highest BCUT2D eigenvalue weighted by atomic mass is 19.1. The summed E-state index contributed by atoms with van der Waals surface area (Å²) in [5, 5.41) is 8.36. The zero-order chi connectivity index (χ0) is 23.3. The van der Waals surface area contributed by atoms with Gasteiger partial charge in [0.25, 0.3) is 0 Å². The number of hydrogen-bond donors (Lipinski definition) is 0. The fourth-order valence-electron chi connectivity index (χ4n) is 3.90. The molecular formula is C30H35FN2. The fourth-order valence-corrected chi connectivity index (χ4v) is 3.90. The van der Waals surface area contributed by atoms with E-state index in [0.717, 1.165) is 24.0 Å². The van der Waals surface area contributed by atoms with Gasteiger partial charge in [-0.15, -0.1) is 0 Å². The van der Waals surface area contributed by atoms with E-state index >= 15 is 0 Å². The van der Waals surface area contributed by atoms with Crippen LogP contribution >= 0.6 is 0 Å². The highest BCUT2D eigenvalue weighted by Crippen LogP contribution is 2.24. The summed E-state index contributed by atoms with van der Waals surface area (Å²) in [6.07, 6.45) is 12.8. The first kappa shape index (κ1) is 24.6. The Morgan fingerprint density at radius 2 is 1.48 bits per heavy atom. The SMILES string of the molecule is CCCCCCc1ccccc1C=NN=Cc1ccc(-c2ccc(CCCC)cc2)c(F)c1. The standard InChI is InChI=1S/C30H35FN2/c1-3-5-7-8-12-26-13-9-10-14-28(26)23-33-32-22-25-17-20-29(30(31)21-25)27-18-15-24(16-19-27)11-6-4-2/h9-10,13-23H,3-8,11-12H2,1-2H3. The first-order chi connectivity index (χ1) is 16.2. The smallest absolute Gasteiger partial charge is 0.131 e. The van der Waals surface area contributed by atoms with E-state index in [1.807, 2.05) is 30.3 Å². The fraction of sp³-hybridized carbons (Fsp3) is 0.333. The van der Waals surface area contributed by atoms with Crippen LogP contribution in [-0.2, 0) is 12.8 Å². The van der Waals surface area contributed by atoms with Gasteiger partial charge in [0.05, 0.1) is 12.4 Å². The summed E-state index contributed by atoms with van der Waals surface area (Å²) in [6.45, 7) is 4.41. The Morgan fingerprint density at radius 1 is 0.727 bits per heavy atom. The average molecular weight is 443 g/mol. The third-order valence-electron chi connectivity index (χ3n) is 5.90. The van der Waals surface area contributed by atoms with Crippen LogP contribution in [0.3, 0.4) is 0 Å². The van der Waals surface area contributed by atoms with Crippen molar-refractivity contribution >= 4 is 12.4 Å². The molecule has 2 nitrogen and oxygen atoms in total. The van der Waals surface area contributed by atoms with Gasteiger partial charge in [0.2, 0.25) is 0 Å². The number of halogens is 1. The minimum atomic E-state index is -0.248. The predicted octanol–water partition coefficient (Wildman–Crippen LogP) is 8.41. The minimum Gasteiger partial charge on any atom is -0.206 e. The second-order valence-corrected chi connectivity index (χ2v) is 8.54. The maximum atomic E-state index is 14.7. The summed E-state index contributed by atoms with van der Waals surface area (Å²) >= 11 is 0. The molecule has 0 N–H and O–H groups in total. The highest BCUT2D eigenvalue weighted by molar-refractivity contribution is 5.84. The van der Waals surface area contributed by atoms with Crippen molar-refractivity contribution < 1.29 is 4.39 Å². The number of benzene rings is 3. The summed E-state index contributed by atoms with van der Waals surface area (Å²) in [4.78, 5) is 0. The zero-order valence-corrected chi connectivity index (χ0v) is 19.9. The van der Waals surface area contributed by atoms with Crippen LogP contribution in [0.25, 0.3) is 11.1 Å². The molecule has 0 aromatic heterocycles. The molecule has 3 aromatic carbocycles. The van der Waals surface area contributed by atoms with E-state index in [4.69, 9.17) is 0 Å². The number of hydrogen-bond acceptors (Lipinski definition) is 2. The van der Waals surface area contributed by atoms with Crippen molar-refractivity contribution in [2.75, 3.05) is 0 Å². The van der Waals surface area contributed by atoms with Crippen LogP contribution in [0, 0.1) is 5.82 Å². The number of rotatable bonds is 12. The van der Waals surface area contributed by atoms with Crippen LogP contribution in [0.1, 0.15) is 74.6 Å². The monoisotopic (exact) mass is 442 g/mol. The van der Waals surface area contributed by atoms with Gasteiger partial charge in [0, 0.05) is 5.56 Å². The maximum absolute atomic E-state index is 14.7. The van der Waals surface area contributed by atoms with Gasteiger partial charge in [0.15, 0.2) is 0 Å². The summed E-state index contributed by atoms with van der Waals surface area (Å²) in [6, 6.07) is 21.7. The molecule has 0 amide bonds. The van der Waals surface area contributed by atoms with Gasteiger partial charge < -0.3 is 0 Å². The van der Waals surface area contributed by atoms with E-state index in [9.17, 15) is 4.39 Å². The highest BCUT2D eigenvalue weighted by Gasteiger charge is 2.06. The molecule has 3 aromatic rings. The van der Waals surface area contributed by atoms with Crippen molar-refractivity contribution in [3.63, 3.8) is 0 Å². The molecule has 0 spiro atoms. The van der Waals surface area contributed by atoms with Gasteiger partial charge in [-0.3, -0.25) is 0 Å². The van der Waals surface area contributed by atoms with Crippen LogP contribution in [0.2, 0.25) is 0 Å². The summed E-state index contributed by atoms with van der Waals surface area (Å²) in [5.74, 6) is -0.248. The van der Waals surface area contributed by atoms with Crippen molar-refractivity contribution in [2.24, 2.45) is 10.2 Å². The lowest BCUT2D eigenvalue weighted by atomic mass is 10.0. The largest absolute Gasteiger partial charge is 0.206 e. The summed E-state index contributed by atoms with van der Waals surface area (Å²) in [5.41, 5.74) is 5.88. The molecule has 3 rings (SSSR count). The molecule has 0 unspecified atom stereocenters. The second-order valence-electron chi connectivity index (χ2n) is 8.54. The van der Waals surface area contributed by atoms with E-state index in [1.165, 1.54) is 55.7 Å². The lowest BCUT2D eigenvalue weighted by Gasteiger charge is -2.06. The Balaban J connectivity index is 1.62.